The molecule has 0 aliphatic heterocycles. The molecule has 0 spiro atoms. The lowest BCUT2D eigenvalue weighted by molar-refractivity contribution is -0.384. The van der Waals surface area contributed by atoms with E-state index < -0.39 is 4.92 Å². The summed E-state index contributed by atoms with van der Waals surface area (Å²) in [6, 6.07) is 8.31. The minimum atomic E-state index is -0.409. The highest BCUT2D eigenvalue weighted by atomic mass is 16.6. The van der Waals surface area contributed by atoms with Gasteiger partial charge in [0.15, 0.2) is 0 Å². The molecule has 0 radical (unpaired) electrons. The molecule has 0 saturated heterocycles. The number of hydrogen-bond donors (Lipinski definition) is 0. The number of aromatic nitrogens is 2. The van der Waals surface area contributed by atoms with Crippen LogP contribution in [0.3, 0.4) is 0 Å². The second-order valence-electron chi connectivity index (χ2n) is 4.47. The lowest BCUT2D eigenvalue weighted by Crippen LogP contribution is -2.19. The van der Waals surface area contributed by atoms with Crippen molar-refractivity contribution >= 4 is 17.3 Å². The molecule has 6 nitrogen and oxygen atoms in total. The third-order valence-electron chi connectivity index (χ3n) is 2.90. The highest BCUT2D eigenvalue weighted by Gasteiger charge is 2.13. The van der Waals surface area contributed by atoms with Crippen molar-refractivity contribution in [3.05, 3.63) is 51.8 Å². The maximum Gasteiger partial charge on any atom is 0.269 e. The quantitative estimate of drug-likeness (QED) is 0.631. The molecule has 0 aliphatic rings. The third-order valence-corrected chi connectivity index (χ3v) is 2.90. The summed E-state index contributed by atoms with van der Waals surface area (Å²) in [6.45, 7) is 6.51. The molecule has 0 N–H and O–H groups in total. The fourth-order valence-corrected chi connectivity index (χ4v) is 2.02. The van der Waals surface area contributed by atoms with Crippen LogP contribution in [0.1, 0.15) is 18.3 Å². The van der Waals surface area contributed by atoms with Crippen molar-refractivity contribution in [2.45, 2.75) is 20.8 Å². The Morgan fingerprint density at radius 3 is 2.15 bits per heavy atom. The predicted molar refractivity (Wildman–Crippen MR) is 77.3 cm³/mol. The van der Waals surface area contributed by atoms with Gasteiger partial charge in [0.2, 0.25) is 5.95 Å². The van der Waals surface area contributed by atoms with Crippen molar-refractivity contribution in [2.24, 2.45) is 0 Å². The Balaban J connectivity index is 2.38. The highest BCUT2D eigenvalue weighted by Crippen LogP contribution is 2.24. The van der Waals surface area contributed by atoms with Crippen LogP contribution >= 0.6 is 0 Å². The molecule has 2 aromatic rings. The molecule has 0 fully saturated rings. The topological polar surface area (TPSA) is 72.2 Å². The van der Waals surface area contributed by atoms with Gasteiger partial charge < -0.3 is 4.90 Å². The normalized spacial score (nSPS) is 10.3. The van der Waals surface area contributed by atoms with Gasteiger partial charge in [0.25, 0.3) is 5.69 Å². The smallest absolute Gasteiger partial charge is 0.269 e. The summed E-state index contributed by atoms with van der Waals surface area (Å²) in [5, 5.41) is 10.7. The van der Waals surface area contributed by atoms with Gasteiger partial charge in [-0.05, 0) is 39.0 Å². The average molecular weight is 272 g/mol. The van der Waals surface area contributed by atoms with Crippen LogP contribution < -0.4 is 4.90 Å². The first-order valence-electron chi connectivity index (χ1n) is 6.35. The molecule has 20 heavy (non-hydrogen) atoms. The lowest BCUT2D eigenvalue weighted by Gasteiger charge is -2.21. The molecule has 0 atom stereocenters. The standard InChI is InChI=1S/C14H16N4O2/c1-4-17(14-15-10(2)9-11(3)16-14)12-5-7-13(8-6-12)18(19)20/h5-9H,4H2,1-3H3. The summed E-state index contributed by atoms with van der Waals surface area (Å²) in [7, 11) is 0. The summed E-state index contributed by atoms with van der Waals surface area (Å²) in [5.41, 5.74) is 2.70. The summed E-state index contributed by atoms with van der Waals surface area (Å²) < 4.78 is 0. The molecule has 1 aromatic carbocycles. The lowest BCUT2D eigenvalue weighted by atomic mass is 10.2. The molecule has 2 rings (SSSR count). The first-order valence-corrected chi connectivity index (χ1v) is 6.35. The Bertz CT molecular complexity index is 605. The van der Waals surface area contributed by atoms with E-state index in [4.69, 9.17) is 0 Å². The Hall–Kier alpha value is -2.50. The molecule has 6 heteroatoms. The van der Waals surface area contributed by atoms with Gasteiger partial charge in [-0.15, -0.1) is 0 Å². The second-order valence-corrected chi connectivity index (χ2v) is 4.47. The van der Waals surface area contributed by atoms with Crippen LogP contribution in [0.2, 0.25) is 0 Å². The van der Waals surface area contributed by atoms with Crippen LogP contribution in [0.4, 0.5) is 17.3 Å². The van der Waals surface area contributed by atoms with Crippen molar-refractivity contribution in [2.75, 3.05) is 11.4 Å². The zero-order valence-corrected chi connectivity index (χ0v) is 11.7. The Morgan fingerprint density at radius 2 is 1.70 bits per heavy atom. The Morgan fingerprint density at radius 1 is 1.15 bits per heavy atom. The van der Waals surface area contributed by atoms with E-state index >= 15 is 0 Å². The van der Waals surface area contributed by atoms with Gasteiger partial charge >= 0.3 is 0 Å². The number of rotatable bonds is 4. The molecular weight excluding hydrogens is 256 g/mol. The van der Waals surface area contributed by atoms with Gasteiger partial charge in [-0.25, -0.2) is 9.97 Å². The maximum absolute atomic E-state index is 10.7. The number of benzene rings is 1. The van der Waals surface area contributed by atoms with Gasteiger partial charge in [0.05, 0.1) is 4.92 Å². The number of nitro benzene ring substituents is 1. The number of aryl methyl sites for hydroxylation is 2. The van der Waals surface area contributed by atoms with Crippen LogP contribution in [0, 0.1) is 24.0 Å². The van der Waals surface area contributed by atoms with E-state index in [9.17, 15) is 10.1 Å². The first kappa shape index (κ1) is 13.9. The van der Waals surface area contributed by atoms with E-state index in [-0.39, 0.29) is 5.69 Å². The first-order chi connectivity index (χ1) is 9.51. The molecule has 0 saturated carbocycles. The van der Waals surface area contributed by atoms with Crippen molar-refractivity contribution in [1.29, 1.82) is 0 Å². The largest absolute Gasteiger partial charge is 0.311 e. The third kappa shape index (κ3) is 2.90. The number of hydrogen-bond acceptors (Lipinski definition) is 5. The second kappa shape index (κ2) is 5.64. The number of non-ortho nitro benzene ring substituents is 1. The number of nitro groups is 1. The molecular formula is C14H16N4O2. The van der Waals surface area contributed by atoms with Crippen LogP contribution in [-0.4, -0.2) is 21.4 Å². The van der Waals surface area contributed by atoms with E-state index in [1.165, 1.54) is 12.1 Å². The van der Waals surface area contributed by atoms with Crippen LogP contribution in [0.25, 0.3) is 0 Å². The SMILES string of the molecule is CCN(c1ccc([N+](=O)[O-])cc1)c1nc(C)cc(C)n1. The summed E-state index contributed by atoms with van der Waals surface area (Å²) >= 11 is 0. The van der Waals surface area contributed by atoms with Crippen molar-refractivity contribution in [1.82, 2.24) is 9.97 Å². The van der Waals surface area contributed by atoms with Crippen molar-refractivity contribution in [3.63, 3.8) is 0 Å². The highest BCUT2D eigenvalue weighted by molar-refractivity contribution is 5.59. The van der Waals surface area contributed by atoms with E-state index in [1.807, 2.05) is 31.7 Å². The molecule has 0 bridgehead atoms. The molecule has 0 aliphatic carbocycles. The molecule has 1 heterocycles. The van der Waals surface area contributed by atoms with Crippen LogP contribution in [0.5, 0.6) is 0 Å². The summed E-state index contributed by atoms with van der Waals surface area (Å²) in [5.74, 6) is 0.610. The van der Waals surface area contributed by atoms with E-state index in [2.05, 4.69) is 9.97 Å². The van der Waals surface area contributed by atoms with E-state index in [1.54, 1.807) is 12.1 Å². The zero-order chi connectivity index (χ0) is 14.7. The fraction of sp³-hybridized carbons (Fsp3) is 0.286. The monoisotopic (exact) mass is 272 g/mol. The van der Waals surface area contributed by atoms with Crippen LogP contribution in [0.15, 0.2) is 30.3 Å². The van der Waals surface area contributed by atoms with Gasteiger partial charge in [0, 0.05) is 35.8 Å². The zero-order valence-electron chi connectivity index (χ0n) is 11.7. The average Bonchev–Trinajstić information content (AvgIpc) is 2.39. The van der Waals surface area contributed by atoms with Crippen molar-refractivity contribution < 1.29 is 4.92 Å². The summed E-state index contributed by atoms with van der Waals surface area (Å²) in [4.78, 5) is 21.0. The summed E-state index contributed by atoms with van der Waals surface area (Å²) in [6.07, 6.45) is 0. The van der Waals surface area contributed by atoms with E-state index in [0.717, 1.165) is 17.1 Å². The Kier molecular flexibility index (Phi) is 3.93. The Labute approximate surface area is 117 Å². The van der Waals surface area contributed by atoms with Crippen LogP contribution in [-0.2, 0) is 0 Å². The molecule has 104 valence electrons. The molecule has 0 unspecified atom stereocenters. The minimum Gasteiger partial charge on any atom is -0.311 e. The number of anilines is 2. The number of nitrogens with zero attached hydrogens (tertiary/aromatic N) is 4. The van der Waals surface area contributed by atoms with Gasteiger partial charge in [-0.3, -0.25) is 10.1 Å². The van der Waals surface area contributed by atoms with Gasteiger partial charge in [0.1, 0.15) is 0 Å². The maximum atomic E-state index is 10.7. The minimum absolute atomic E-state index is 0.0751. The fourth-order valence-electron chi connectivity index (χ4n) is 2.02. The van der Waals surface area contributed by atoms with E-state index in [0.29, 0.717) is 12.5 Å². The molecule has 0 amide bonds. The predicted octanol–water partition coefficient (Wildman–Crippen LogP) is 3.16. The van der Waals surface area contributed by atoms with Gasteiger partial charge in [-0.2, -0.15) is 0 Å². The van der Waals surface area contributed by atoms with Gasteiger partial charge in [-0.1, -0.05) is 0 Å². The van der Waals surface area contributed by atoms with Crippen molar-refractivity contribution in [3.8, 4) is 0 Å². The molecule has 1 aromatic heterocycles.